The molecule has 0 aromatic rings. The fourth-order valence-electron chi connectivity index (χ4n) is 3.09. The van der Waals surface area contributed by atoms with E-state index in [0.717, 1.165) is 12.8 Å². The first kappa shape index (κ1) is 14.5. The summed E-state index contributed by atoms with van der Waals surface area (Å²) in [6.45, 7) is 13.1. The van der Waals surface area contributed by atoms with E-state index in [0.29, 0.717) is 5.92 Å². The Balaban J connectivity index is 2.78. The van der Waals surface area contributed by atoms with Crippen molar-refractivity contribution in [1.29, 1.82) is 5.26 Å². The van der Waals surface area contributed by atoms with Crippen molar-refractivity contribution in [1.82, 2.24) is 10.9 Å². The van der Waals surface area contributed by atoms with Gasteiger partial charge in [-0.3, -0.25) is 5.43 Å². The van der Waals surface area contributed by atoms with Crippen molar-refractivity contribution < 1.29 is 0 Å². The topological polar surface area (TPSA) is 47.9 Å². The number of rotatable bonds is 2. The molecule has 2 N–H and O–H groups in total. The van der Waals surface area contributed by atoms with Crippen LogP contribution in [0.25, 0.3) is 0 Å². The molecular formula is C14H27N3. The van der Waals surface area contributed by atoms with E-state index in [4.69, 9.17) is 0 Å². The maximum Gasteiger partial charge on any atom is 0.119 e. The van der Waals surface area contributed by atoms with E-state index in [-0.39, 0.29) is 11.0 Å². The van der Waals surface area contributed by atoms with Crippen molar-refractivity contribution in [2.75, 3.05) is 0 Å². The van der Waals surface area contributed by atoms with E-state index in [9.17, 15) is 5.26 Å². The van der Waals surface area contributed by atoms with Gasteiger partial charge in [-0.1, -0.05) is 20.8 Å². The van der Waals surface area contributed by atoms with E-state index in [1.165, 1.54) is 6.42 Å². The van der Waals surface area contributed by atoms with E-state index < -0.39 is 5.54 Å². The van der Waals surface area contributed by atoms with Crippen molar-refractivity contribution >= 4 is 0 Å². The molecule has 1 fully saturated rings. The van der Waals surface area contributed by atoms with E-state index in [1.54, 1.807) is 0 Å². The minimum atomic E-state index is -0.422. The van der Waals surface area contributed by atoms with Crippen LogP contribution < -0.4 is 10.9 Å². The van der Waals surface area contributed by atoms with Gasteiger partial charge in [-0.15, -0.1) is 0 Å². The Morgan fingerprint density at radius 2 is 1.82 bits per heavy atom. The lowest BCUT2D eigenvalue weighted by Crippen LogP contribution is -2.60. The largest absolute Gasteiger partial charge is 0.251 e. The Labute approximate surface area is 106 Å². The van der Waals surface area contributed by atoms with Gasteiger partial charge in [-0.2, -0.15) is 5.26 Å². The summed E-state index contributed by atoms with van der Waals surface area (Å²) < 4.78 is 0. The molecule has 0 saturated heterocycles. The molecule has 0 aromatic carbocycles. The molecule has 0 aliphatic heterocycles. The molecule has 1 aliphatic rings. The molecule has 2 atom stereocenters. The second kappa shape index (κ2) is 4.59. The van der Waals surface area contributed by atoms with Gasteiger partial charge < -0.3 is 0 Å². The Morgan fingerprint density at radius 3 is 2.24 bits per heavy atom. The first-order valence-corrected chi connectivity index (χ1v) is 6.53. The van der Waals surface area contributed by atoms with Gasteiger partial charge in [0.1, 0.15) is 5.54 Å². The van der Waals surface area contributed by atoms with Crippen molar-refractivity contribution in [3.63, 3.8) is 0 Å². The molecule has 1 saturated carbocycles. The summed E-state index contributed by atoms with van der Waals surface area (Å²) in [7, 11) is 0. The molecule has 0 bridgehead atoms. The zero-order chi connectivity index (χ0) is 13.3. The maximum atomic E-state index is 9.54. The molecular weight excluding hydrogens is 210 g/mol. The monoisotopic (exact) mass is 237 g/mol. The first-order valence-electron chi connectivity index (χ1n) is 6.53. The van der Waals surface area contributed by atoms with Crippen LogP contribution in [0.5, 0.6) is 0 Å². The summed E-state index contributed by atoms with van der Waals surface area (Å²) in [6.07, 6.45) is 3.04. The highest BCUT2D eigenvalue weighted by Crippen LogP contribution is 2.43. The van der Waals surface area contributed by atoms with Crippen LogP contribution in [0.1, 0.15) is 60.8 Å². The first-order chi connectivity index (χ1) is 7.58. The molecule has 0 aromatic heterocycles. The van der Waals surface area contributed by atoms with Gasteiger partial charge in [0.15, 0.2) is 0 Å². The fraction of sp³-hybridized carbons (Fsp3) is 0.929. The summed E-state index contributed by atoms with van der Waals surface area (Å²) in [6, 6.07) is 2.50. The van der Waals surface area contributed by atoms with Gasteiger partial charge in [0.05, 0.1) is 6.07 Å². The molecule has 3 nitrogen and oxygen atoms in total. The smallest absolute Gasteiger partial charge is 0.119 e. The van der Waals surface area contributed by atoms with Crippen LogP contribution in [0, 0.1) is 22.7 Å². The van der Waals surface area contributed by atoms with Crippen LogP contribution in [-0.2, 0) is 0 Å². The Hall–Kier alpha value is -0.590. The minimum absolute atomic E-state index is 0.0192. The number of hydrazine groups is 1. The standard InChI is InChI=1S/C14H27N3/c1-11-7-13(5,6)9-14(8-11,10-15)17-16-12(2,3)4/h11,16-17H,7-9H2,1-6H3. The highest BCUT2D eigenvalue weighted by atomic mass is 15.4. The number of nitrogens with one attached hydrogen (secondary N) is 2. The SMILES string of the molecule is CC1CC(C)(C)CC(C#N)(NNC(C)(C)C)C1. The molecule has 0 radical (unpaired) electrons. The van der Waals surface area contributed by atoms with Gasteiger partial charge in [0.2, 0.25) is 0 Å². The average molecular weight is 237 g/mol. The van der Waals surface area contributed by atoms with Crippen LogP contribution >= 0.6 is 0 Å². The zero-order valence-electron chi connectivity index (χ0n) is 12.1. The second-order valence-electron chi connectivity index (χ2n) is 7.55. The highest BCUT2D eigenvalue weighted by Gasteiger charge is 2.43. The van der Waals surface area contributed by atoms with E-state index >= 15 is 0 Å². The lowest BCUT2D eigenvalue weighted by molar-refractivity contribution is 0.0951. The number of nitriles is 1. The lowest BCUT2D eigenvalue weighted by atomic mass is 9.65. The molecule has 1 rings (SSSR count). The van der Waals surface area contributed by atoms with Crippen molar-refractivity contribution in [2.45, 2.75) is 71.9 Å². The molecule has 98 valence electrons. The van der Waals surface area contributed by atoms with Crippen molar-refractivity contribution in [2.24, 2.45) is 11.3 Å². The summed E-state index contributed by atoms with van der Waals surface area (Å²) >= 11 is 0. The highest BCUT2D eigenvalue weighted by molar-refractivity contribution is 5.12. The van der Waals surface area contributed by atoms with Crippen molar-refractivity contribution in [3.8, 4) is 6.07 Å². The summed E-state index contributed by atoms with van der Waals surface area (Å²) in [5.74, 6) is 0.590. The number of nitrogens with zero attached hydrogens (tertiary/aromatic N) is 1. The number of hydrogen-bond acceptors (Lipinski definition) is 3. The van der Waals surface area contributed by atoms with Crippen LogP contribution in [0.3, 0.4) is 0 Å². The molecule has 1 aliphatic carbocycles. The maximum absolute atomic E-state index is 9.54. The van der Waals surface area contributed by atoms with Crippen molar-refractivity contribution in [3.05, 3.63) is 0 Å². The Kier molecular flexibility index (Phi) is 3.91. The van der Waals surface area contributed by atoms with E-state index in [1.807, 2.05) is 0 Å². The number of hydrogen-bond donors (Lipinski definition) is 2. The third-order valence-corrected chi connectivity index (χ3v) is 3.27. The van der Waals surface area contributed by atoms with Gasteiger partial charge >= 0.3 is 0 Å². The molecule has 0 heterocycles. The molecule has 0 amide bonds. The van der Waals surface area contributed by atoms with Crippen LogP contribution in [-0.4, -0.2) is 11.1 Å². The predicted octanol–water partition coefficient (Wildman–Crippen LogP) is 2.99. The third kappa shape index (κ3) is 4.29. The van der Waals surface area contributed by atoms with Gasteiger partial charge in [0, 0.05) is 5.54 Å². The summed E-state index contributed by atoms with van der Waals surface area (Å²) in [4.78, 5) is 0. The average Bonchev–Trinajstić information content (AvgIpc) is 2.10. The summed E-state index contributed by atoms with van der Waals surface area (Å²) in [5, 5.41) is 9.54. The van der Waals surface area contributed by atoms with Gasteiger partial charge in [0.25, 0.3) is 0 Å². The quantitative estimate of drug-likeness (QED) is 0.726. The second-order valence-corrected chi connectivity index (χ2v) is 7.55. The fourth-order valence-corrected chi connectivity index (χ4v) is 3.09. The van der Waals surface area contributed by atoms with Crippen LogP contribution in [0.4, 0.5) is 0 Å². The molecule has 17 heavy (non-hydrogen) atoms. The molecule has 0 spiro atoms. The van der Waals surface area contributed by atoms with Crippen LogP contribution in [0.2, 0.25) is 0 Å². The lowest BCUT2D eigenvalue weighted by Gasteiger charge is -2.45. The zero-order valence-corrected chi connectivity index (χ0v) is 12.1. The van der Waals surface area contributed by atoms with Gasteiger partial charge in [-0.05, 0) is 51.4 Å². The van der Waals surface area contributed by atoms with Gasteiger partial charge in [-0.25, -0.2) is 5.43 Å². The molecule has 3 heteroatoms. The van der Waals surface area contributed by atoms with E-state index in [2.05, 4.69) is 58.5 Å². The Bertz CT molecular complexity index is 308. The summed E-state index contributed by atoms with van der Waals surface area (Å²) in [5.41, 5.74) is 6.36. The normalized spacial score (nSPS) is 33.1. The molecule has 2 unspecified atom stereocenters. The van der Waals surface area contributed by atoms with Crippen LogP contribution in [0.15, 0.2) is 0 Å². The predicted molar refractivity (Wildman–Crippen MR) is 71.2 cm³/mol. The minimum Gasteiger partial charge on any atom is -0.251 e. The Morgan fingerprint density at radius 1 is 1.24 bits per heavy atom. The third-order valence-electron chi connectivity index (χ3n) is 3.27.